The van der Waals surface area contributed by atoms with E-state index in [1.54, 1.807) is 13.3 Å². The van der Waals surface area contributed by atoms with Gasteiger partial charge in [0.2, 0.25) is 0 Å². The molecule has 4 aromatic rings. The number of methoxy groups -OCH3 is 1. The second-order valence-electron chi connectivity index (χ2n) is 11.7. The van der Waals surface area contributed by atoms with Crippen molar-refractivity contribution in [3.8, 4) is 16.2 Å². The van der Waals surface area contributed by atoms with E-state index in [1.165, 1.54) is 22.5 Å². The molecule has 38 heavy (non-hydrogen) atoms. The van der Waals surface area contributed by atoms with Gasteiger partial charge in [0.05, 0.1) is 18.5 Å². The smallest absolute Gasteiger partial charge is 0.264 e. The van der Waals surface area contributed by atoms with Crippen LogP contribution in [0.25, 0.3) is 10.4 Å². The Morgan fingerprint density at radius 2 is 1.76 bits per heavy atom. The Bertz CT molecular complexity index is 1450. The number of carbonyl (C=O) groups excluding carboxylic acids is 1. The zero-order chi connectivity index (χ0) is 27.1. The molecular formula is C32H37N3O2S. The first-order valence-electron chi connectivity index (χ1n) is 13.2. The van der Waals surface area contributed by atoms with Crippen molar-refractivity contribution in [2.24, 2.45) is 7.05 Å². The van der Waals surface area contributed by atoms with Crippen molar-refractivity contribution < 1.29 is 9.53 Å². The monoisotopic (exact) mass is 527 g/mol. The van der Waals surface area contributed by atoms with E-state index in [2.05, 4.69) is 61.5 Å². The summed E-state index contributed by atoms with van der Waals surface area (Å²) in [6.07, 6.45) is 7.89. The number of hydrogen-bond donors (Lipinski definition) is 0. The highest BCUT2D eigenvalue weighted by molar-refractivity contribution is 7.17. The first-order chi connectivity index (χ1) is 18.1. The van der Waals surface area contributed by atoms with E-state index in [0.717, 1.165) is 45.2 Å². The molecular weight excluding hydrogens is 490 g/mol. The number of aromatic nitrogens is 2. The second-order valence-corrected chi connectivity index (χ2v) is 12.7. The molecule has 5 nitrogen and oxygen atoms in total. The summed E-state index contributed by atoms with van der Waals surface area (Å²) in [5, 5.41) is 0. The van der Waals surface area contributed by atoms with Crippen LogP contribution in [0.15, 0.2) is 67.1 Å². The summed E-state index contributed by atoms with van der Waals surface area (Å²) in [5.41, 5.74) is 6.10. The van der Waals surface area contributed by atoms with Crippen LogP contribution in [0.2, 0.25) is 0 Å². The molecule has 0 spiro atoms. The Kier molecular flexibility index (Phi) is 6.95. The fourth-order valence-corrected chi connectivity index (χ4v) is 6.47. The number of amides is 1. The van der Waals surface area contributed by atoms with Crippen LogP contribution in [-0.2, 0) is 31.0 Å². The largest absolute Gasteiger partial charge is 0.496 e. The van der Waals surface area contributed by atoms with Crippen LogP contribution < -0.4 is 4.74 Å². The molecule has 1 aromatic carbocycles. The molecule has 0 N–H and O–H groups in total. The van der Waals surface area contributed by atoms with Crippen LogP contribution >= 0.6 is 11.3 Å². The van der Waals surface area contributed by atoms with E-state index >= 15 is 0 Å². The quantitative estimate of drug-likeness (QED) is 0.252. The minimum atomic E-state index is 0.0182. The molecule has 0 atom stereocenters. The first kappa shape index (κ1) is 26.2. The number of thiophene rings is 1. The minimum Gasteiger partial charge on any atom is -0.496 e. The van der Waals surface area contributed by atoms with Gasteiger partial charge in [-0.1, -0.05) is 33.8 Å². The zero-order valence-electron chi connectivity index (χ0n) is 23.2. The van der Waals surface area contributed by atoms with Gasteiger partial charge in [-0.05, 0) is 82.8 Å². The highest BCUT2D eigenvalue weighted by atomic mass is 32.1. The fraction of sp³-hybridized carbons (Fsp3) is 0.375. The van der Waals surface area contributed by atoms with Gasteiger partial charge in [-0.3, -0.25) is 9.78 Å². The lowest BCUT2D eigenvalue weighted by molar-refractivity contribution is 0.0731. The highest BCUT2D eigenvalue weighted by Gasteiger charge is 2.38. The van der Waals surface area contributed by atoms with Gasteiger partial charge in [-0.2, -0.15) is 0 Å². The van der Waals surface area contributed by atoms with Crippen molar-refractivity contribution in [3.63, 3.8) is 0 Å². The van der Waals surface area contributed by atoms with Crippen LogP contribution in [0.3, 0.4) is 0 Å². The topological polar surface area (TPSA) is 47.4 Å². The average molecular weight is 528 g/mol. The highest BCUT2D eigenvalue weighted by Crippen LogP contribution is 2.49. The van der Waals surface area contributed by atoms with Crippen molar-refractivity contribution in [3.05, 3.63) is 94.4 Å². The fourth-order valence-electron chi connectivity index (χ4n) is 5.48. The summed E-state index contributed by atoms with van der Waals surface area (Å²) in [6, 6.07) is 16.6. The summed E-state index contributed by atoms with van der Waals surface area (Å²) in [7, 11) is 3.75. The Labute approximate surface area is 230 Å². The molecule has 1 aliphatic carbocycles. The number of hydrogen-bond acceptors (Lipinski definition) is 4. The number of rotatable bonds is 7. The standard InChI is InChI=1S/C32H37N3O2S/c1-31(2)13-14-32(3,4)26-18-27(37-6)24(17-25(26)31)28-11-12-29(38-28)30(36)35(20-22-9-7-15-33-19-22)21-23-10-8-16-34(23)5/h7-12,15-19H,13-14,20-21H2,1-6H3. The van der Waals surface area contributed by atoms with Crippen LogP contribution in [0.5, 0.6) is 5.75 Å². The molecule has 1 aliphatic rings. The SMILES string of the molecule is COc1cc2c(cc1-c1ccc(C(=O)N(Cc3cccnc3)Cc3cccn3C)s1)C(C)(C)CCC2(C)C. The Morgan fingerprint density at radius 3 is 2.39 bits per heavy atom. The van der Waals surface area contributed by atoms with E-state index in [-0.39, 0.29) is 16.7 Å². The first-order valence-corrected chi connectivity index (χ1v) is 14.0. The van der Waals surface area contributed by atoms with Gasteiger partial charge in [-0.25, -0.2) is 0 Å². The molecule has 0 radical (unpaired) electrons. The summed E-state index contributed by atoms with van der Waals surface area (Å²) in [4.78, 5) is 21.8. The van der Waals surface area contributed by atoms with E-state index in [4.69, 9.17) is 4.74 Å². The second kappa shape index (κ2) is 10.1. The number of pyridine rings is 1. The van der Waals surface area contributed by atoms with E-state index in [0.29, 0.717) is 13.1 Å². The van der Waals surface area contributed by atoms with Gasteiger partial charge in [0.1, 0.15) is 5.75 Å². The molecule has 3 heterocycles. The summed E-state index contributed by atoms with van der Waals surface area (Å²) >= 11 is 1.54. The third-order valence-electron chi connectivity index (χ3n) is 8.04. The van der Waals surface area contributed by atoms with Crippen molar-refractivity contribution in [2.45, 2.75) is 64.5 Å². The van der Waals surface area contributed by atoms with Gasteiger partial charge in [0.15, 0.2) is 0 Å². The summed E-state index contributed by atoms with van der Waals surface area (Å²) in [6.45, 7) is 10.3. The normalized spacial score (nSPS) is 15.6. The molecule has 0 saturated carbocycles. The molecule has 6 heteroatoms. The Morgan fingerprint density at radius 1 is 1.03 bits per heavy atom. The third-order valence-corrected chi connectivity index (χ3v) is 9.15. The molecule has 3 aromatic heterocycles. The molecule has 198 valence electrons. The van der Waals surface area contributed by atoms with Gasteiger partial charge in [0, 0.05) is 48.3 Å². The van der Waals surface area contributed by atoms with Gasteiger partial charge >= 0.3 is 0 Å². The Balaban J connectivity index is 1.50. The lowest BCUT2D eigenvalue weighted by Crippen LogP contribution is -2.33. The van der Waals surface area contributed by atoms with Crippen molar-refractivity contribution in [1.82, 2.24) is 14.5 Å². The Hall–Kier alpha value is -3.38. The van der Waals surface area contributed by atoms with Crippen LogP contribution in [-0.4, -0.2) is 27.5 Å². The molecule has 0 bridgehead atoms. The van der Waals surface area contributed by atoms with Gasteiger partial charge < -0.3 is 14.2 Å². The van der Waals surface area contributed by atoms with Gasteiger partial charge in [0.25, 0.3) is 5.91 Å². The van der Waals surface area contributed by atoms with Crippen molar-refractivity contribution >= 4 is 17.2 Å². The molecule has 0 fully saturated rings. The molecule has 5 rings (SSSR count). The summed E-state index contributed by atoms with van der Waals surface area (Å²) in [5.74, 6) is 0.885. The molecule has 0 aliphatic heterocycles. The van der Waals surface area contributed by atoms with Gasteiger partial charge in [-0.15, -0.1) is 11.3 Å². The van der Waals surface area contributed by atoms with Crippen molar-refractivity contribution in [2.75, 3.05) is 7.11 Å². The number of benzene rings is 1. The average Bonchev–Trinajstić information content (AvgIpc) is 3.55. The van der Waals surface area contributed by atoms with E-state index in [9.17, 15) is 4.79 Å². The number of aryl methyl sites for hydroxylation is 1. The predicted octanol–water partition coefficient (Wildman–Crippen LogP) is 7.35. The minimum absolute atomic E-state index is 0.0182. The lowest BCUT2D eigenvalue weighted by Gasteiger charge is -2.42. The summed E-state index contributed by atoms with van der Waals surface area (Å²) < 4.78 is 7.97. The lowest BCUT2D eigenvalue weighted by atomic mass is 9.63. The van der Waals surface area contributed by atoms with Crippen LogP contribution in [0.4, 0.5) is 0 Å². The maximum Gasteiger partial charge on any atom is 0.264 e. The molecule has 0 unspecified atom stereocenters. The maximum atomic E-state index is 13.9. The van der Waals surface area contributed by atoms with E-state index in [1.807, 2.05) is 48.6 Å². The van der Waals surface area contributed by atoms with E-state index < -0.39 is 0 Å². The number of fused-ring (bicyclic) bond motifs is 1. The molecule has 1 amide bonds. The molecule has 0 saturated heterocycles. The number of nitrogens with zero attached hydrogens (tertiary/aromatic N) is 3. The zero-order valence-corrected chi connectivity index (χ0v) is 24.1. The number of ether oxygens (including phenoxy) is 1. The maximum absolute atomic E-state index is 13.9. The number of carbonyl (C=O) groups is 1. The van der Waals surface area contributed by atoms with Crippen molar-refractivity contribution in [1.29, 1.82) is 0 Å². The van der Waals surface area contributed by atoms with Crippen LogP contribution in [0, 0.1) is 0 Å². The van der Waals surface area contributed by atoms with Crippen LogP contribution in [0.1, 0.15) is 72.6 Å². The third kappa shape index (κ3) is 5.02. The predicted molar refractivity (Wildman–Crippen MR) is 155 cm³/mol.